The van der Waals surface area contributed by atoms with E-state index in [1.807, 2.05) is 13.0 Å². The largest absolute Gasteiger partial charge is 0.351 e. The normalized spacial score (nSPS) is 21.3. The Kier molecular flexibility index (Phi) is 4.30. The summed E-state index contributed by atoms with van der Waals surface area (Å²) in [4.78, 5) is 12.0. The van der Waals surface area contributed by atoms with Crippen LogP contribution in [0.3, 0.4) is 0 Å². The lowest BCUT2D eigenvalue weighted by Crippen LogP contribution is -2.34. The molecule has 6 heteroatoms. The molecule has 1 N–H and O–H groups in total. The van der Waals surface area contributed by atoms with Crippen LogP contribution in [0.2, 0.25) is 0 Å². The molecule has 4 nitrogen and oxygen atoms in total. The van der Waals surface area contributed by atoms with Crippen LogP contribution < -0.4 is 5.32 Å². The van der Waals surface area contributed by atoms with Crippen LogP contribution in [-0.4, -0.2) is 31.9 Å². The lowest BCUT2D eigenvalue weighted by Gasteiger charge is -2.12. The molecule has 19 heavy (non-hydrogen) atoms. The van der Waals surface area contributed by atoms with Crippen molar-refractivity contribution in [3.05, 3.63) is 33.8 Å². The van der Waals surface area contributed by atoms with Crippen molar-refractivity contribution in [3.8, 4) is 0 Å². The molecule has 1 aromatic rings. The summed E-state index contributed by atoms with van der Waals surface area (Å²) in [6.45, 7) is 2.10. The third-order valence-corrected chi connectivity index (χ3v) is 6.72. The first-order chi connectivity index (χ1) is 8.92. The zero-order chi connectivity index (χ0) is 14.0. The molecule has 1 saturated heterocycles. The maximum Gasteiger partial charge on any atom is 0.252 e. The van der Waals surface area contributed by atoms with Crippen molar-refractivity contribution in [3.63, 3.8) is 0 Å². The second kappa shape index (κ2) is 5.63. The van der Waals surface area contributed by atoms with Gasteiger partial charge in [0.1, 0.15) is 0 Å². The topological polar surface area (TPSA) is 63.2 Å². The summed E-state index contributed by atoms with van der Waals surface area (Å²) in [6.07, 6.45) is 1.33. The highest BCUT2D eigenvalue weighted by Crippen LogP contribution is 2.22. The number of hydrogen-bond donors (Lipinski definition) is 1. The first-order valence-corrected chi connectivity index (χ1v) is 8.67. The first kappa shape index (κ1) is 14.5. The van der Waals surface area contributed by atoms with E-state index in [1.54, 1.807) is 12.1 Å². The van der Waals surface area contributed by atoms with E-state index >= 15 is 0 Å². The predicted molar refractivity (Wildman–Crippen MR) is 78.0 cm³/mol. The average Bonchev–Trinajstić information content (AvgIpc) is 2.69. The van der Waals surface area contributed by atoms with Gasteiger partial charge in [-0.2, -0.15) is 0 Å². The lowest BCUT2D eigenvalue weighted by atomic mass is 10.1. The number of sulfone groups is 1. The first-order valence-electron chi connectivity index (χ1n) is 6.16. The van der Waals surface area contributed by atoms with Crippen LogP contribution >= 0.6 is 15.9 Å². The Labute approximate surface area is 121 Å². The number of benzene rings is 1. The Morgan fingerprint density at radius 2 is 2.21 bits per heavy atom. The minimum absolute atomic E-state index is 0.196. The van der Waals surface area contributed by atoms with Gasteiger partial charge in [0.05, 0.1) is 16.6 Å². The molecule has 1 atom stereocenters. The van der Waals surface area contributed by atoms with Gasteiger partial charge in [-0.15, -0.1) is 0 Å². The molecule has 1 aliphatic rings. The smallest absolute Gasteiger partial charge is 0.252 e. The molecular formula is C13H16BrNO3S. The van der Waals surface area contributed by atoms with Gasteiger partial charge in [-0.05, 0) is 47.3 Å². The Hall–Kier alpha value is -0.880. The maximum atomic E-state index is 12.0. The molecular weight excluding hydrogens is 330 g/mol. The zero-order valence-electron chi connectivity index (χ0n) is 10.6. The summed E-state index contributed by atoms with van der Waals surface area (Å²) in [6, 6.07) is 5.43. The Balaban J connectivity index is 2.04. The molecule has 0 aromatic heterocycles. The van der Waals surface area contributed by atoms with Crippen molar-refractivity contribution < 1.29 is 13.2 Å². The van der Waals surface area contributed by atoms with Crippen molar-refractivity contribution in [2.24, 2.45) is 0 Å². The SMILES string of the molecule is Cc1cccc(C(=O)NCC2CCCS2(=O)=O)c1Br. The van der Waals surface area contributed by atoms with Gasteiger partial charge in [-0.3, -0.25) is 4.79 Å². The van der Waals surface area contributed by atoms with Crippen LogP contribution in [-0.2, 0) is 9.84 Å². The molecule has 1 aliphatic heterocycles. The molecule has 0 aliphatic carbocycles. The number of halogens is 1. The molecule has 2 rings (SSSR count). The van der Waals surface area contributed by atoms with Gasteiger partial charge < -0.3 is 5.32 Å². The fourth-order valence-corrected chi connectivity index (χ4v) is 4.42. The van der Waals surface area contributed by atoms with Gasteiger partial charge in [0.15, 0.2) is 9.84 Å². The van der Waals surface area contributed by atoms with Crippen molar-refractivity contribution in [1.29, 1.82) is 0 Å². The molecule has 0 radical (unpaired) electrons. The van der Waals surface area contributed by atoms with Crippen molar-refractivity contribution in [2.45, 2.75) is 25.0 Å². The fraction of sp³-hybridized carbons (Fsp3) is 0.462. The van der Waals surface area contributed by atoms with E-state index in [0.717, 1.165) is 10.0 Å². The van der Waals surface area contributed by atoms with Crippen LogP contribution in [0, 0.1) is 6.92 Å². The summed E-state index contributed by atoms with van der Waals surface area (Å²) in [5, 5.41) is 2.29. The molecule has 1 aromatic carbocycles. The number of rotatable bonds is 3. The van der Waals surface area contributed by atoms with Crippen molar-refractivity contribution in [2.75, 3.05) is 12.3 Å². The summed E-state index contributed by atoms with van der Waals surface area (Å²) in [5.74, 6) is -0.000489. The third-order valence-electron chi connectivity index (χ3n) is 3.39. The van der Waals surface area contributed by atoms with Crippen LogP contribution in [0.4, 0.5) is 0 Å². The van der Waals surface area contributed by atoms with Crippen LogP contribution in [0.25, 0.3) is 0 Å². The standard InChI is InChI=1S/C13H16BrNO3S/c1-9-4-2-6-11(12(9)14)13(16)15-8-10-5-3-7-19(10,17)18/h2,4,6,10H,3,5,7-8H2,1H3,(H,15,16). The molecule has 0 saturated carbocycles. The highest BCUT2D eigenvalue weighted by Gasteiger charge is 2.31. The van der Waals surface area contributed by atoms with E-state index in [2.05, 4.69) is 21.2 Å². The minimum atomic E-state index is -3.01. The van der Waals surface area contributed by atoms with Gasteiger partial charge in [-0.25, -0.2) is 8.42 Å². The van der Waals surface area contributed by atoms with E-state index in [-0.39, 0.29) is 18.2 Å². The molecule has 0 bridgehead atoms. The highest BCUT2D eigenvalue weighted by molar-refractivity contribution is 9.10. The van der Waals surface area contributed by atoms with Crippen molar-refractivity contribution in [1.82, 2.24) is 5.32 Å². The molecule has 1 heterocycles. The summed E-state index contributed by atoms with van der Waals surface area (Å²) < 4.78 is 24.1. The van der Waals surface area contributed by atoms with E-state index in [4.69, 9.17) is 0 Å². The Morgan fingerprint density at radius 3 is 2.84 bits per heavy atom. The minimum Gasteiger partial charge on any atom is -0.351 e. The van der Waals surface area contributed by atoms with Gasteiger partial charge in [0, 0.05) is 11.0 Å². The molecule has 1 fully saturated rings. The number of hydrogen-bond acceptors (Lipinski definition) is 3. The number of carbonyl (C=O) groups is 1. The zero-order valence-corrected chi connectivity index (χ0v) is 13.1. The van der Waals surface area contributed by atoms with E-state index < -0.39 is 15.1 Å². The van der Waals surface area contributed by atoms with E-state index in [1.165, 1.54) is 0 Å². The van der Waals surface area contributed by atoms with Gasteiger partial charge in [0.25, 0.3) is 5.91 Å². The number of aryl methyl sites for hydroxylation is 1. The monoisotopic (exact) mass is 345 g/mol. The quantitative estimate of drug-likeness (QED) is 0.911. The van der Waals surface area contributed by atoms with E-state index in [9.17, 15) is 13.2 Å². The highest BCUT2D eigenvalue weighted by atomic mass is 79.9. The average molecular weight is 346 g/mol. The second-order valence-corrected chi connectivity index (χ2v) is 7.97. The van der Waals surface area contributed by atoms with Crippen molar-refractivity contribution >= 4 is 31.7 Å². The molecule has 0 spiro atoms. The number of nitrogens with one attached hydrogen (secondary N) is 1. The Morgan fingerprint density at radius 1 is 1.47 bits per heavy atom. The number of amides is 1. The van der Waals surface area contributed by atoms with Crippen LogP contribution in [0.1, 0.15) is 28.8 Å². The fourth-order valence-electron chi connectivity index (χ4n) is 2.21. The summed E-state index contributed by atoms with van der Waals surface area (Å²) in [5.41, 5.74) is 1.51. The molecule has 1 amide bonds. The Bertz CT molecular complexity index is 598. The van der Waals surface area contributed by atoms with Gasteiger partial charge in [-0.1, -0.05) is 12.1 Å². The third kappa shape index (κ3) is 3.17. The molecule has 1 unspecified atom stereocenters. The van der Waals surface area contributed by atoms with Gasteiger partial charge >= 0.3 is 0 Å². The maximum absolute atomic E-state index is 12.0. The van der Waals surface area contributed by atoms with Gasteiger partial charge in [0.2, 0.25) is 0 Å². The van der Waals surface area contributed by atoms with Crippen LogP contribution in [0.5, 0.6) is 0 Å². The van der Waals surface area contributed by atoms with E-state index in [0.29, 0.717) is 18.4 Å². The summed E-state index contributed by atoms with van der Waals surface area (Å²) >= 11 is 3.38. The number of carbonyl (C=O) groups excluding carboxylic acids is 1. The second-order valence-electron chi connectivity index (χ2n) is 4.78. The molecule has 104 valence electrons. The lowest BCUT2D eigenvalue weighted by molar-refractivity contribution is 0.0952. The summed E-state index contributed by atoms with van der Waals surface area (Å²) in [7, 11) is -3.01. The van der Waals surface area contributed by atoms with Crippen LogP contribution in [0.15, 0.2) is 22.7 Å². The predicted octanol–water partition coefficient (Wildman–Crippen LogP) is 2.06.